The lowest BCUT2D eigenvalue weighted by atomic mass is 9.81. The zero-order valence-electron chi connectivity index (χ0n) is 12.2. The SMILES string of the molecule is CNC1CC2CCCC(C1)N2C(C)c1nc(C)cs1. The lowest BCUT2D eigenvalue weighted by Gasteiger charge is -2.51. The molecule has 3 atom stereocenters. The number of thiazole rings is 1. The van der Waals surface area contributed by atoms with Crippen LogP contribution >= 0.6 is 11.3 Å². The summed E-state index contributed by atoms with van der Waals surface area (Å²) < 4.78 is 0. The van der Waals surface area contributed by atoms with Crippen LogP contribution in [0.3, 0.4) is 0 Å². The quantitative estimate of drug-likeness (QED) is 0.921. The van der Waals surface area contributed by atoms with Gasteiger partial charge in [0, 0.05) is 29.2 Å². The summed E-state index contributed by atoms with van der Waals surface area (Å²) in [6.45, 7) is 4.45. The van der Waals surface area contributed by atoms with E-state index in [1.54, 1.807) is 0 Å². The Morgan fingerprint density at radius 1 is 1.37 bits per heavy atom. The van der Waals surface area contributed by atoms with Gasteiger partial charge in [0.1, 0.15) is 5.01 Å². The molecule has 19 heavy (non-hydrogen) atoms. The van der Waals surface area contributed by atoms with Crippen LogP contribution in [0.5, 0.6) is 0 Å². The maximum atomic E-state index is 4.71. The molecule has 2 bridgehead atoms. The minimum Gasteiger partial charge on any atom is -0.317 e. The van der Waals surface area contributed by atoms with Gasteiger partial charge in [0.15, 0.2) is 0 Å². The molecule has 0 saturated carbocycles. The van der Waals surface area contributed by atoms with Gasteiger partial charge >= 0.3 is 0 Å². The lowest BCUT2D eigenvalue weighted by Crippen LogP contribution is -2.56. The molecule has 3 heterocycles. The van der Waals surface area contributed by atoms with E-state index in [0.29, 0.717) is 6.04 Å². The maximum Gasteiger partial charge on any atom is 0.110 e. The van der Waals surface area contributed by atoms with Crippen LogP contribution in [-0.2, 0) is 0 Å². The monoisotopic (exact) mass is 279 g/mol. The summed E-state index contributed by atoms with van der Waals surface area (Å²) in [4.78, 5) is 7.49. The average molecular weight is 279 g/mol. The molecular weight excluding hydrogens is 254 g/mol. The van der Waals surface area contributed by atoms with Gasteiger partial charge < -0.3 is 5.32 Å². The normalized spacial score (nSPS) is 33.3. The van der Waals surface area contributed by atoms with Gasteiger partial charge in [-0.2, -0.15) is 0 Å². The van der Waals surface area contributed by atoms with E-state index in [-0.39, 0.29) is 0 Å². The predicted molar refractivity (Wildman–Crippen MR) is 80.6 cm³/mol. The summed E-state index contributed by atoms with van der Waals surface area (Å²) in [5, 5.41) is 6.98. The number of hydrogen-bond donors (Lipinski definition) is 1. The molecule has 4 heteroatoms. The summed E-state index contributed by atoms with van der Waals surface area (Å²) >= 11 is 1.83. The molecule has 0 aliphatic carbocycles. The van der Waals surface area contributed by atoms with Crippen molar-refractivity contribution in [3.63, 3.8) is 0 Å². The fraction of sp³-hybridized carbons (Fsp3) is 0.800. The Hall–Kier alpha value is -0.450. The van der Waals surface area contributed by atoms with Crippen molar-refractivity contribution < 1.29 is 0 Å². The molecule has 0 amide bonds. The fourth-order valence-corrected chi connectivity index (χ4v) is 4.84. The van der Waals surface area contributed by atoms with E-state index in [9.17, 15) is 0 Å². The minimum absolute atomic E-state index is 0.492. The summed E-state index contributed by atoms with van der Waals surface area (Å²) in [5.74, 6) is 0. The van der Waals surface area contributed by atoms with Crippen LogP contribution in [-0.4, -0.2) is 35.1 Å². The molecule has 106 valence electrons. The minimum atomic E-state index is 0.492. The smallest absolute Gasteiger partial charge is 0.110 e. The van der Waals surface area contributed by atoms with Gasteiger partial charge in [-0.1, -0.05) is 6.42 Å². The van der Waals surface area contributed by atoms with Crippen LogP contribution in [0.4, 0.5) is 0 Å². The number of piperidine rings is 2. The van der Waals surface area contributed by atoms with Crippen molar-refractivity contribution in [2.45, 2.75) is 70.1 Å². The van der Waals surface area contributed by atoms with Crippen molar-refractivity contribution >= 4 is 11.3 Å². The number of nitrogens with one attached hydrogen (secondary N) is 1. The van der Waals surface area contributed by atoms with E-state index >= 15 is 0 Å². The lowest BCUT2D eigenvalue weighted by molar-refractivity contribution is -0.00523. The second kappa shape index (κ2) is 5.51. The van der Waals surface area contributed by atoms with Crippen molar-refractivity contribution in [3.8, 4) is 0 Å². The predicted octanol–water partition coefficient (Wildman–Crippen LogP) is 3.12. The average Bonchev–Trinajstić information content (AvgIpc) is 2.83. The molecule has 3 unspecified atom stereocenters. The molecule has 1 N–H and O–H groups in total. The molecule has 2 saturated heterocycles. The Bertz CT molecular complexity index is 417. The molecule has 2 aliphatic rings. The van der Waals surface area contributed by atoms with Crippen molar-refractivity contribution in [3.05, 3.63) is 16.1 Å². The van der Waals surface area contributed by atoms with Gasteiger partial charge in [-0.05, 0) is 46.6 Å². The molecular formula is C15H25N3S. The third kappa shape index (κ3) is 2.58. The molecule has 2 fully saturated rings. The summed E-state index contributed by atoms with van der Waals surface area (Å²) in [7, 11) is 2.11. The van der Waals surface area contributed by atoms with Crippen molar-refractivity contribution in [1.82, 2.24) is 15.2 Å². The Morgan fingerprint density at radius 3 is 2.58 bits per heavy atom. The fourth-order valence-electron chi connectivity index (χ4n) is 3.98. The molecule has 2 aliphatic heterocycles. The Labute approximate surface area is 120 Å². The van der Waals surface area contributed by atoms with Crippen LogP contribution in [0.25, 0.3) is 0 Å². The van der Waals surface area contributed by atoms with Crippen LogP contribution in [0.1, 0.15) is 55.8 Å². The van der Waals surface area contributed by atoms with Gasteiger partial charge in [-0.15, -0.1) is 11.3 Å². The van der Waals surface area contributed by atoms with E-state index in [4.69, 9.17) is 4.98 Å². The summed E-state index contributed by atoms with van der Waals surface area (Å²) in [6.07, 6.45) is 6.75. The van der Waals surface area contributed by atoms with E-state index in [2.05, 4.69) is 36.5 Å². The second-order valence-corrected chi connectivity index (χ2v) is 7.04. The number of aryl methyl sites for hydroxylation is 1. The van der Waals surface area contributed by atoms with Crippen LogP contribution in [0.2, 0.25) is 0 Å². The Kier molecular flexibility index (Phi) is 3.92. The molecule has 1 aromatic heterocycles. The molecule has 0 radical (unpaired) electrons. The van der Waals surface area contributed by atoms with Crippen LogP contribution in [0.15, 0.2) is 5.38 Å². The van der Waals surface area contributed by atoms with Crippen molar-refractivity contribution in [1.29, 1.82) is 0 Å². The summed E-state index contributed by atoms with van der Waals surface area (Å²) in [6, 6.07) is 2.72. The highest BCUT2D eigenvalue weighted by atomic mass is 32.1. The number of fused-ring (bicyclic) bond motifs is 2. The van der Waals surface area contributed by atoms with Crippen molar-refractivity contribution in [2.75, 3.05) is 7.05 Å². The highest BCUT2D eigenvalue weighted by molar-refractivity contribution is 7.09. The summed E-state index contributed by atoms with van der Waals surface area (Å²) in [5.41, 5.74) is 1.17. The van der Waals surface area contributed by atoms with Gasteiger partial charge in [-0.25, -0.2) is 4.98 Å². The second-order valence-electron chi connectivity index (χ2n) is 6.15. The number of rotatable bonds is 3. The topological polar surface area (TPSA) is 28.2 Å². The molecule has 3 rings (SSSR count). The first-order valence-corrected chi connectivity index (χ1v) is 8.43. The highest BCUT2D eigenvalue weighted by Crippen LogP contribution is 2.40. The molecule has 0 spiro atoms. The molecule has 1 aromatic rings. The van der Waals surface area contributed by atoms with E-state index < -0.39 is 0 Å². The van der Waals surface area contributed by atoms with Crippen molar-refractivity contribution in [2.24, 2.45) is 0 Å². The number of nitrogens with zero attached hydrogens (tertiary/aromatic N) is 2. The van der Waals surface area contributed by atoms with Crippen LogP contribution < -0.4 is 5.32 Å². The van der Waals surface area contributed by atoms with Gasteiger partial charge in [0.25, 0.3) is 0 Å². The van der Waals surface area contributed by atoms with Gasteiger partial charge in [0.2, 0.25) is 0 Å². The zero-order valence-corrected chi connectivity index (χ0v) is 13.0. The Morgan fingerprint density at radius 2 is 2.05 bits per heavy atom. The third-order valence-corrected chi connectivity index (χ3v) is 6.01. The van der Waals surface area contributed by atoms with Gasteiger partial charge in [-0.3, -0.25) is 4.90 Å². The Balaban J connectivity index is 1.80. The third-order valence-electron chi connectivity index (χ3n) is 4.88. The first-order chi connectivity index (χ1) is 9.19. The zero-order chi connectivity index (χ0) is 13.4. The standard InChI is InChI=1S/C15H25N3S/c1-10-9-19-15(17-10)11(2)18-13-5-4-6-14(18)8-12(7-13)16-3/h9,11-14,16H,4-8H2,1-3H3. The first kappa shape index (κ1) is 13.5. The molecule has 3 nitrogen and oxygen atoms in total. The van der Waals surface area contributed by atoms with E-state index in [0.717, 1.165) is 18.1 Å². The van der Waals surface area contributed by atoms with Gasteiger partial charge in [0.05, 0.1) is 6.04 Å². The maximum absolute atomic E-state index is 4.71. The largest absolute Gasteiger partial charge is 0.317 e. The first-order valence-electron chi connectivity index (χ1n) is 7.55. The molecule has 0 aromatic carbocycles. The van der Waals surface area contributed by atoms with Crippen LogP contribution in [0, 0.1) is 6.92 Å². The highest BCUT2D eigenvalue weighted by Gasteiger charge is 2.40. The van der Waals surface area contributed by atoms with E-state index in [1.165, 1.54) is 42.8 Å². The number of hydrogen-bond acceptors (Lipinski definition) is 4. The number of aromatic nitrogens is 1. The van der Waals surface area contributed by atoms with E-state index in [1.807, 2.05) is 11.3 Å².